The fraction of sp³-hybridized carbons (Fsp3) is 0.708. The fourth-order valence-electron chi connectivity index (χ4n) is 7.25. The van der Waals surface area contributed by atoms with Crippen LogP contribution in [0.2, 0.25) is 51.4 Å². The van der Waals surface area contributed by atoms with E-state index < -0.39 is 31.3 Å². The van der Waals surface area contributed by atoms with Gasteiger partial charge in [0.15, 0.2) is 0 Å². The van der Waals surface area contributed by atoms with Crippen LogP contribution >= 0.6 is 31.1 Å². The number of hydrogen-bond acceptors (Lipinski definition) is 16. The van der Waals surface area contributed by atoms with Gasteiger partial charge in [-0.15, -0.1) is 0 Å². The number of fused-ring (bicyclic) bond motifs is 2. The molecule has 2 aliphatic heterocycles. The molecule has 0 atom stereocenters. The van der Waals surface area contributed by atoms with Crippen molar-refractivity contribution >= 4 is 59.2 Å². The summed E-state index contributed by atoms with van der Waals surface area (Å²) in [4.78, 5) is 24.7. The van der Waals surface area contributed by atoms with E-state index in [0.717, 1.165) is 45.5 Å². The van der Waals surface area contributed by atoms with Crippen LogP contribution in [0.25, 0.3) is 0 Å². The molecule has 2 aromatic carbocycles. The highest BCUT2D eigenvalue weighted by Gasteiger charge is 2.36. The average molecular weight is 1110 g/mol. The van der Waals surface area contributed by atoms with Crippen LogP contribution in [0.15, 0.2) is 0 Å². The fourth-order valence-corrected chi connectivity index (χ4v) is 12.6. The van der Waals surface area contributed by atoms with Gasteiger partial charge < -0.3 is 56.4 Å². The summed E-state index contributed by atoms with van der Waals surface area (Å²) >= 11 is 3.12. The molecule has 0 unspecified atom stereocenters. The molecule has 0 amide bonds. The predicted molar refractivity (Wildman–Crippen MR) is 280 cm³/mol. The van der Waals surface area contributed by atoms with Crippen molar-refractivity contribution in [3.8, 4) is 23.0 Å². The Bertz CT molecular complexity index is 2070. The molecule has 1 N–H and O–H groups in total. The van der Waals surface area contributed by atoms with Gasteiger partial charge >= 0.3 is 27.1 Å². The number of aliphatic hydroxyl groups is 1. The predicted octanol–water partition coefficient (Wildman–Crippen LogP) is 12.3. The largest absolute Gasteiger partial charge is 0.496 e. The molecule has 396 valence electrons. The average Bonchev–Trinajstić information content (AvgIpc) is 3.80. The minimum Gasteiger partial charge on any atom is -0.496 e. The van der Waals surface area contributed by atoms with Gasteiger partial charge in [0.2, 0.25) is 0 Å². The quantitative estimate of drug-likeness (QED) is 0.0307. The molecule has 4 rings (SSSR count). The van der Waals surface area contributed by atoms with E-state index >= 15 is 0 Å². The summed E-state index contributed by atoms with van der Waals surface area (Å²) in [6.07, 6.45) is -0.0544. The number of esters is 2. The number of aliphatic hydroxyl groups excluding tert-OH is 1. The molecule has 2 heterocycles. The molecule has 21 heteroatoms. The van der Waals surface area contributed by atoms with Crippen molar-refractivity contribution in [2.24, 2.45) is 0 Å². The summed E-state index contributed by atoms with van der Waals surface area (Å²) < 4.78 is 86.0. The lowest BCUT2D eigenvalue weighted by Gasteiger charge is -2.23. The lowest BCUT2D eigenvalue weighted by molar-refractivity contribution is 0.0522. The van der Waals surface area contributed by atoms with Crippen LogP contribution in [0.4, 0.5) is 0 Å². The summed E-state index contributed by atoms with van der Waals surface area (Å²) in [5, 5.41) is 9.65. The van der Waals surface area contributed by atoms with E-state index in [2.05, 4.69) is 55.2 Å². The Labute approximate surface area is 423 Å². The van der Waals surface area contributed by atoms with Gasteiger partial charge in [-0.05, 0) is 92.5 Å². The Kier molecular flexibility index (Phi) is 25.7. The molecule has 0 radical (unpaired) electrons. The van der Waals surface area contributed by atoms with Gasteiger partial charge in [0.05, 0.1) is 58.5 Å². The van der Waals surface area contributed by atoms with E-state index in [0.29, 0.717) is 60.2 Å². The normalized spacial score (nSPS) is 13.7. The molecule has 2 aromatic rings. The van der Waals surface area contributed by atoms with Crippen LogP contribution in [0.5, 0.6) is 23.0 Å². The van der Waals surface area contributed by atoms with Crippen molar-refractivity contribution in [1.82, 2.24) is 0 Å². The third-order valence-electron chi connectivity index (χ3n) is 10.2. The summed E-state index contributed by atoms with van der Waals surface area (Å²) in [5.41, 5.74) is 5.84. The smallest absolute Gasteiger partial charge is 0.356 e. The first-order valence-electron chi connectivity index (χ1n) is 23.7. The number of benzene rings is 2. The topological polar surface area (TPSA) is 190 Å². The van der Waals surface area contributed by atoms with Gasteiger partial charge in [0.1, 0.15) is 58.8 Å². The SMILES string of the molecule is CC(C)OP(=O)(CBr)OC(C)C.COc1c(C)c2c(c(OCC[Si](C)(C)C)c1CCO)C(=O)OC2.COc1c(C)c2c(c(OCC[Si](C)(C)C)c1CCOCP(=O)(OC(C)C)OC(C)C)C(=O)OC2. The van der Waals surface area contributed by atoms with Crippen LogP contribution < -0.4 is 18.9 Å². The maximum Gasteiger partial charge on any atom is 0.356 e. The molecule has 0 fully saturated rings. The van der Waals surface area contributed by atoms with Crippen LogP contribution in [0.3, 0.4) is 0 Å². The maximum absolute atomic E-state index is 13.0. The van der Waals surface area contributed by atoms with Crippen molar-refractivity contribution in [2.45, 2.75) is 171 Å². The van der Waals surface area contributed by atoms with Crippen molar-refractivity contribution in [3.05, 3.63) is 44.5 Å². The molecule has 16 nitrogen and oxygen atoms in total. The summed E-state index contributed by atoms with van der Waals surface area (Å²) in [6, 6.07) is 1.94. The Morgan fingerprint density at radius 1 is 0.594 bits per heavy atom. The molecule has 0 spiro atoms. The van der Waals surface area contributed by atoms with Gasteiger partial charge in [-0.1, -0.05) is 55.2 Å². The van der Waals surface area contributed by atoms with Gasteiger partial charge in [0.25, 0.3) is 0 Å². The lowest BCUT2D eigenvalue weighted by Crippen LogP contribution is -2.23. The highest BCUT2D eigenvalue weighted by atomic mass is 79.9. The van der Waals surface area contributed by atoms with Crippen LogP contribution in [0, 0.1) is 13.8 Å². The first-order valence-corrected chi connectivity index (χ1v) is 35.7. The van der Waals surface area contributed by atoms with Gasteiger partial charge in [-0.3, -0.25) is 9.13 Å². The Morgan fingerprint density at radius 3 is 1.28 bits per heavy atom. The van der Waals surface area contributed by atoms with Crippen molar-refractivity contribution in [1.29, 1.82) is 0 Å². The number of halogens is 1. The summed E-state index contributed by atoms with van der Waals surface area (Å²) in [7, 11) is -5.69. The molecular weight excluding hydrogens is 1030 g/mol. The summed E-state index contributed by atoms with van der Waals surface area (Å²) in [5.74, 6) is 1.63. The number of methoxy groups -OCH3 is 2. The Morgan fingerprint density at radius 2 is 0.957 bits per heavy atom. The molecule has 0 saturated heterocycles. The molecule has 0 bridgehead atoms. The molecule has 0 aromatic heterocycles. The highest BCUT2D eigenvalue weighted by Crippen LogP contribution is 2.52. The van der Waals surface area contributed by atoms with E-state index in [1.165, 1.54) is 0 Å². The van der Waals surface area contributed by atoms with Crippen LogP contribution in [0.1, 0.15) is 109 Å². The second kappa shape index (κ2) is 28.2. The first-order chi connectivity index (χ1) is 32.0. The van der Waals surface area contributed by atoms with E-state index in [9.17, 15) is 23.8 Å². The minimum atomic E-state index is -3.41. The zero-order chi connectivity index (χ0) is 52.7. The van der Waals surface area contributed by atoms with E-state index in [1.54, 1.807) is 41.9 Å². The number of alkyl halides is 1. The summed E-state index contributed by atoms with van der Waals surface area (Å²) in [6.45, 7) is 33.7. The lowest BCUT2D eigenvalue weighted by atomic mass is 9.95. The first kappa shape index (κ1) is 62.8. The van der Waals surface area contributed by atoms with E-state index in [-0.39, 0.29) is 74.2 Å². The zero-order valence-corrected chi connectivity index (χ0v) is 50.0. The number of carbonyl (C=O) groups is 2. The second-order valence-corrected chi connectivity index (χ2v) is 36.9. The van der Waals surface area contributed by atoms with Gasteiger partial charge in [-0.25, -0.2) is 9.59 Å². The zero-order valence-electron chi connectivity index (χ0n) is 44.6. The molecular formula is C48H83BrO16P2Si2. The third-order valence-corrected chi connectivity index (χ3v) is 19.2. The third kappa shape index (κ3) is 19.9. The van der Waals surface area contributed by atoms with Crippen LogP contribution in [-0.4, -0.2) is 110 Å². The Balaban J connectivity index is 0.000000400. The van der Waals surface area contributed by atoms with Crippen LogP contribution in [-0.2, 0) is 67.5 Å². The molecule has 2 aliphatic rings. The van der Waals surface area contributed by atoms with Crippen molar-refractivity contribution in [3.63, 3.8) is 0 Å². The molecule has 0 aliphatic carbocycles. The molecule has 0 saturated carbocycles. The Hall–Kier alpha value is -2.29. The van der Waals surface area contributed by atoms with Crippen molar-refractivity contribution in [2.75, 3.05) is 52.1 Å². The number of cyclic esters (lactones) is 2. The monoisotopic (exact) mass is 1110 g/mol. The van der Waals surface area contributed by atoms with Gasteiger partial charge in [0, 0.05) is 57.9 Å². The number of ether oxygens (including phenoxy) is 7. The highest BCUT2D eigenvalue weighted by molar-refractivity contribution is 9.10. The van der Waals surface area contributed by atoms with E-state index in [1.807, 2.05) is 41.5 Å². The number of hydrogen-bond donors (Lipinski definition) is 1. The maximum atomic E-state index is 13.0. The second-order valence-electron chi connectivity index (χ2n) is 20.3. The van der Waals surface area contributed by atoms with Crippen molar-refractivity contribution < 1.29 is 75.1 Å². The van der Waals surface area contributed by atoms with Gasteiger partial charge in [-0.2, -0.15) is 0 Å². The van der Waals surface area contributed by atoms with E-state index in [4.69, 9.17) is 51.3 Å². The number of carbonyl (C=O) groups excluding carboxylic acids is 2. The molecule has 69 heavy (non-hydrogen) atoms. The number of rotatable bonds is 26. The standard InChI is InChI=1S/C24H41O8PSi.C17H26O5Si.C7H16BrO3P/c1-16(2)31-33(26,32-17(3)4)15-28-11-10-19-22(27-6)18(5)20-14-30-24(25)21(20)23(19)29-12-13-34(7,8)9;1-11-13-10-22-17(19)14(13)16(21-8-9-23(3,4)5)12(6-7-18)15(11)20-2;1-6(2)10-12(9,5-8)11-7(3)4/h16-17H,10-15H2,1-9H3;18H,6-10H2,1-5H3;6-7H,5H2,1-4H3. The minimum absolute atomic E-state index is 0.0337.